The van der Waals surface area contributed by atoms with E-state index in [1.807, 2.05) is 52.1 Å². The van der Waals surface area contributed by atoms with Crippen molar-refractivity contribution in [1.82, 2.24) is 15.1 Å². The average Bonchev–Trinajstić information content (AvgIpc) is 2.79. The second-order valence-corrected chi connectivity index (χ2v) is 5.43. The minimum absolute atomic E-state index is 0.123. The number of aryl methyl sites for hydroxylation is 2. The lowest BCUT2D eigenvalue weighted by Crippen LogP contribution is -2.35. The average molecular weight is 286 g/mol. The molecule has 5 heteroatoms. The van der Waals surface area contributed by atoms with Crippen LogP contribution in [0.3, 0.4) is 0 Å². The molecule has 1 amide bonds. The van der Waals surface area contributed by atoms with Crippen LogP contribution in [-0.4, -0.2) is 15.7 Å². The second-order valence-electron chi connectivity index (χ2n) is 5.43. The van der Waals surface area contributed by atoms with E-state index in [0.717, 1.165) is 22.4 Å². The fourth-order valence-electron chi connectivity index (χ4n) is 2.25. The van der Waals surface area contributed by atoms with Crippen LogP contribution in [0.25, 0.3) is 0 Å². The fraction of sp³-hybridized carbons (Fsp3) is 0.375. The summed E-state index contributed by atoms with van der Waals surface area (Å²) in [5.74, 6) is -0.186. The van der Waals surface area contributed by atoms with Crippen LogP contribution in [0, 0.1) is 13.8 Å². The largest absolute Gasteiger partial charge is 0.348 e. The summed E-state index contributed by atoms with van der Waals surface area (Å²) in [5, 5.41) is 7.14. The van der Waals surface area contributed by atoms with E-state index < -0.39 is 6.04 Å². The molecule has 2 unspecified atom stereocenters. The molecule has 2 rings (SSSR count). The van der Waals surface area contributed by atoms with Gasteiger partial charge in [-0.2, -0.15) is 5.10 Å². The Hall–Kier alpha value is -2.14. The van der Waals surface area contributed by atoms with Gasteiger partial charge in [0, 0.05) is 18.3 Å². The molecule has 1 aromatic heterocycles. The van der Waals surface area contributed by atoms with Gasteiger partial charge in [0.2, 0.25) is 5.91 Å². The normalized spacial score (nSPS) is 13.8. The van der Waals surface area contributed by atoms with Crippen LogP contribution >= 0.6 is 0 Å². The number of rotatable bonds is 4. The molecule has 0 radical (unpaired) electrons. The van der Waals surface area contributed by atoms with Crippen LogP contribution in [-0.2, 0) is 11.8 Å². The first-order chi connectivity index (χ1) is 9.90. The molecule has 1 heterocycles. The van der Waals surface area contributed by atoms with Gasteiger partial charge in [-0.15, -0.1) is 0 Å². The van der Waals surface area contributed by atoms with Crippen molar-refractivity contribution in [2.75, 3.05) is 0 Å². The number of aromatic nitrogens is 2. The minimum Gasteiger partial charge on any atom is -0.348 e. The van der Waals surface area contributed by atoms with Gasteiger partial charge in [-0.25, -0.2) is 0 Å². The molecule has 21 heavy (non-hydrogen) atoms. The zero-order valence-electron chi connectivity index (χ0n) is 12.9. The highest BCUT2D eigenvalue weighted by Gasteiger charge is 2.20. The highest BCUT2D eigenvalue weighted by Crippen LogP contribution is 2.18. The molecule has 0 aliphatic rings. The van der Waals surface area contributed by atoms with E-state index in [-0.39, 0.29) is 11.9 Å². The maximum absolute atomic E-state index is 12.3. The van der Waals surface area contributed by atoms with Crippen molar-refractivity contribution >= 4 is 5.91 Å². The number of carbonyl (C=O) groups excluding carboxylic acids is 1. The van der Waals surface area contributed by atoms with Crippen molar-refractivity contribution in [3.05, 3.63) is 52.8 Å². The van der Waals surface area contributed by atoms with E-state index in [4.69, 9.17) is 5.73 Å². The predicted octanol–water partition coefficient (Wildman–Crippen LogP) is 1.91. The Labute approximate surface area is 125 Å². The SMILES string of the molecule is Cc1ccc(C(N)C(=O)NC(C)c2cnn(C)c2C)cc1. The third-order valence-electron chi connectivity index (χ3n) is 3.82. The van der Waals surface area contributed by atoms with E-state index in [1.54, 1.807) is 10.9 Å². The van der Waals surface area contributed by atoms with Gasteiger partial charge in [0.05, 0.1) is 12.2 Å². The summed E-state index contributed by atoms with van der Waals surface area (Å²) in [6.07, 6.45) is 1.78. The molecule has 1 aromatic carbocycles. The lowest BCUT2D eigenvalue weighted by molar-refractivity contribution is -0.123. The van der Waals surface area contributed by atoms with Crippen molar-refractivity contribution in [3.63, 3.8) is 0 Å². The Balaban J connectivity index is 2.07. The van der Waals surface area contributed by atoms with E-state index in [1.165, 1.54) is 0 Å². The summed E-state index contributed by atoms with van der Waals surface area (Å²) in [5.41, 5.74) is 10.0. The Morgan fingerprint density at radius 2 is 1.90 bits per heavy atom. The predicted molar refractivity (Wildman–Crippen MR) is 82.6 cm³/mol. The molecule has 0 aliphatic carbocycles. The first-order valence-electron chi connectivity index (χ1n) is 7.01. The highest BCUT2D eigenvalue weighted by atomic mass is 16.2. The van der Waals surface area contributed by atoms with Gasteiger partial charge < -0.3 is 11.1 Å². The van der Waals surface area contributed by atoms with Crippen LogP contribution in [0.15, 0.2) is 30.5 Å². The number of hydrogen-bond acceptors (Lipinski definition) is 3. The first kappa shape index (κ1) is 15.3. The van der Waals surface area contributed by atoms with E-state index in [0.29, 0.717) is 0 Å². The van der Waals surface area contributed by atoms with Gasteiger partial charge >= 0.3 is 0 Å². The van der Waals surface area contributed by atoms with Gasteiger partial charge in [-0.05, 0) is 26.3 Å². The van der Waals surface area contributed by atoms with Gasteiger partial charge in [-0.3, -0.25) is 9.48 Å². The van der Waals surface area contributed by atoms with Crippen LogP contribution in [0.5, 0.6) is 0 Å². The Morgan fingerprint density at radius 3 is 2.43 bits per heavy atom. The number of amides is 1. The number of hydrogen-bond donors (Lipinski definition) is 2. The Bertz CT molecular complexity index is 630. The molecule has 0 spiro atoms. The van der Waals surface area contributed by atoms with Crippen molar-refractivity contribution in [1.29, 1.82) is 0 Å². The Morgan fingerprint density at radius 1 is 1.29 bits per heavy atom. The van der Waals surface area contributed by atoms with Crippen molar-refractivity contribution in [2.45, 2.75) is 32.9 Å². The Kier molecular flexibility index (Phi) is 4.43. The van der Waals surface area contributed by atoms with E-state index in [9.17, 15) is 4.79 Å². The fourth-order valence-corrected chi connectivity index (χ4v) is 2.25. The zero-order valence-corrected chi connectivity index (χ0v) is 12.9. The van der Waals surface area contributed by atoms with E-state index >= 15 is 0 Å². The van der Waals surface area contributed by atoms with Crippen molar-refractivity contribution in [3.8, 4) is 0 Å². The molecule has 3 N–H and O–H groups in total. The zero-order chi connectivity index (χ0) is 15.6. The molecule has 112 valence electrons. The van der Waals surface area contributed by atoms with E-state index in [2.05, 4.69) is 10.4 Å². The summed E-state index contributed by atoms with van der Waals surface area (Å²) < 4.78 is 1.79. The summed E-state index contributed by atoms with van der Waals surface area (Å²) in [7, 11) is 1.88. The first-order valence-corrected chi connectivity index (χ1v) is 7.01. The molecule has 2 aromatic rings. The molecule has 2 atom stereocenters. The van der Waals surface area contributed by atoms with Gasteiger partial charge in [-0.1, -0.05) is 29.8 Å². The van der Waals surface area contributed by atoms with Crippen LogP contribution in [0.1, 0.15) is 41.4 Å². The third-order valence-corrected chi connectivity index (χ3v) is 3.82. The lowest BCUT2D eigenvalue weighted by atomic mass is 10.0. The van der Waals surface area contributed by atoms with Crippen LogP contribution in [0.4, 0.5) is 0 Å². The molecular formula is C16H22N4O. The number of nitrogens with two attached hydrogens (primary N) is 1. The number of nitrogens with one attached hydrogen (secondary N) is 1. The number of carbonyl (C=O) groups is 1. The smallest absolute Gasteiger partial charge is 0.241 e. The maximum Gasteiger partial charge on any atom is 0.241 e. The molecular weight excluding hydrogens is 264 g/mol. The summed E-state index contributed by atoms with van der Waals surface area (Å²) in [6.45, 7) is 5.91. The van der Waals surface area contributed by atoms with Gasteiger partial charge in [0.15, 0.2) is 0 Å². The maximum atomic E-state index is 12.3. The molecule has 0 aliphatic heterocycles. The van der Waals surface area contributed by atoms with Gasteiger partial charge in [0.1, 0.15) is 6.04 Å². The highest BCUT2D eigenvalue weighted by molar-refractivity contribution is 5.83. The number of benzene rings is 1. The van der Waals surface area contributed by atoms with Crippen LogP contribution < -0.4 is 11.1 Å². The molecule has 5 nitrogen and oxygen atoms in total. The summed E-state index contributed by atoms with van der Waals surface area (Å²) >= 11 is 0. The lowest BCUT2D eigenvalue weighted by Gasteiger charge is -2.18. The summed E-state index contributed by atoms with van der Waals surface area (Å²) in [6, 6.07) is 6.90. The van der Waals surface area contributed by atoms with Crippen LogP contribution in [0.2, 0.25) is 0 Å². The number of nitrogens with zero attached hydrogens (tertiary/aromatic N) is 2. The molecule has 0 bridgehead atoms. The monoisotopic (exact) mass is 286 g/mol. The molecule has 0 saturated heterocycles. The van der Waals surface area contributed by atoms with Crippen molar-refractivity contribution < 1.29 is 4.79 Å². The summed E-state index contributed by atoms with van der Waals surface area (Å²) in [4.78, 5) is 12.3. The third kappa shape index (κ3) is 3.31. The second kappa shape index (κ2) is 6.10. The topological polar surface area (TPSA) is 72.9 Å². The van der Waals surface area contributed by atoms with Gasteiger partial charge in [0.25, 0.3) is 0 Å². The quantitative estimate of drug-likeness (QED) is 0.901. The standard InChI is InChI=1S/C16H22N4O/c1-10-5-7-13(8-6-10)15(17)16(21)19-11(2)14-9-18-20(4)12(14)3/h5-9,11,15H,17H2,1-4H3,(H,19,21). The van der Waals surface area contributed by atoms with Crippen molar-refractivity contribution in [2.24, 2.45) is 12.8 Å². The minimum atomic E-state index is -0.662. The molecule has 0 fully saturated rings. The molecule has 0 saturated carbocycles.